The molecule has 0 unspecified atom stereocenters. The van der Waals surface area contributed by atoms with Gasteiger partial charge in [-0.15, -0.1) is 16.4 Å². The summed E-state index contributed by atoms with van der Waals surface area (Å²) in [6.07, 6.45) is 0. The maximum Gasteiger partial charge on any atom is 0.322 e. The van der Waals surface area contributed by atoms with Crippen molar-refractivity contribution in [3.63, 3.8) is 0 Å². The molecule has 140 valence electrons. The van der Waals surface area contributed by atoms with Gasteiger partial charge in [-0.3, -0.25) is 10.1 Å². The van der Waals surface area contributed by atoms with Crippen molar-refractivity contribution in [2.45, 2.75) is 5.92 Å². The van der Waals surface area contributed by atoms with E-state index < -0.39 is 5.92 Å². The molecule has 0 aliphatic heterocycles. The van der Waals surface area contributed by atoms with Crippen LogP contribution in [-0.4, -0.2) is 16.1 Å². The third kappa shape index (κ3) is 3.94. The van der Waals surface area contributed by atoms with Gasteiger partial charge in [0, 0.05) is 0 Å². The highest BCUT2D eigenvalue weighted by molar-refractivity contribution is 7.20. The summed E-state index contributed by atoms with van der Waals surface area (Å²) in [6.45, 7) is 0. The van der Waals surface area contributed by atoms with Gasteiger partial charge in [-0.1, -0.05) is 89.0 Å². The lowest BCUT2D eigenvalue weighted by Crippen LogP contribution is -2.22. The van der Waals surface area contributed by atoms with Gasteiger partial charge < -0.3 is 4.42 Å². The molecular weight excluding hydrogens is 417 g/mol. The van der Waals surface area contributed by atoms with Gasteiger partial charge in [0.05, 0.1) is 15.8 Å². The smallest absolute Gasteiger partial charge is 0.322 e. The van der Waals surface area contributed by atoms with Crippen LogP contribution < -0.4 is 5.32 Å². The highest BCUT2D eigenvalue weighted by Crippen LogP contribution is 2.38. The van der Waals surface area contributed by atoms with Crippen molar-refractivity contribution in [2.75, 3.05) is 5.32 Å². The summed E-state index contributed by atoms with van der Waals surface area (Å²) in [7, 11) is 0. The molecular formula is C20H13Cl2N3O2S. The number of halogens is 2. The van der Waals surface area contributed by atoms with Crippen molar-refractivity contribution in [1.29, 1.82) is 0 Å². The second kappa shape index (κ2) is 8.14. The number of amides is 1. The predicted molar refractivity (Wildman–Crippen MR) is 111 cm³/mol. The molecule has 0 bridgehead atoms. The fraction of sp³-hybridized carbons (Fsp3) is 0.0500. The lowest BCUT2D eigenvalue weighted by atomic mass is 9.90. The number of carbonyl (C=O) groups is 1. The third-order valence-corrected chi connectivity index (χ3v) is 5.56. The molecule has 0 fully saturated rings. The van der Waals surface area contributed by atoms with Crippen molar-refractivity contribution in [3.8, 4) is 11.5 Å². The summed E-state index contributed by atoms with van der Waals surface area (Å²) in [6, 6.07) is 20.7. The van der Waals surface area contributed by atoms with E-state index in [1.54, 1.807) is 6.07 Å². The molecule has 2 aromatic heterocycles. The van der Waals surface area contributed by atoms with Crippen LogP contribution in [0, 0.1) is 0 Å². The Labute approximate surface area is 174 Å². The number of aromatic nitrogens is 2. The average molecular weight is 430 g/mol. The van der Waals surface area contributed by atoms with E-state index in [9.17, 15) is 4.79 Å². The zero-order valence-electron chi connectivity index (χ0n) is 14.3. The van der Waals surface area contributed by atoms with Gasteiger partial charge in [0.2, 0.25) is 5.91 Å². The number of rotatable bonds is 5. The van der Waals surface area contributed by atoms with Gasteiger partial charge in [0.15, 0.2) is 0 Å². The van der Waals surface area contributed by atoms with Crippen molar-refractivity contribution >= 4 is 46.5 Å². The van der Waals surface area contributed by atoms with Gasteiger partial charge in [-0.05, 0) is 17.2 Å². The molecule has 8 heteroatoms. The minimum atomic E-state index is -0.517. The quantitative estimate of drug-likeness (QED) is 0.430. The van der Waals surface area contributed by atoms with Crippen LogP contribution in [0.1, 0.15) is 17.0 Å². The highest BCUT2D eigenvalue weighted by Gasteiger charge is 2.25. The fourth-order valence-corrected chi connectivity index (χ4v) is 4.28. The molecule has 4 aromatic rings. The summed E-state index contributed by atoms with van der Waals surface area (Å²) in [4.78, 5) is 13.0. The van der Waals surface area contributed by atoms with E-state index >= 15 is 0 Å². The summed E-state index contributed by atoms with van der Waals surface area (Å²) >= 11 is 13.3. The molecule has 5 nitrogen and oxygen atoms in total. The highest BCUT2D eigenvalue weighted by atomic mass is 35.5. The largest absolute Gasteiger partial charge is 0.403 e. The zero-order chi connectivity index (χ0) is 19.5. The Morgan fingerprint density at radius 1 is 0.964 bits per heavy atom. The molecule has 2 aromatic carbocycles. The molecule has 0 atom stereocenters. The molecule has 1 amide bonds. The number of carbonyl (C=O) groups excluding carboxylic acids is 1. The summed E-state index contributed by atoms with van der Waals surface area (Å²) in [5.74, 6) is -0.599. The predicted octanol–water partition coefficient (Wildman–Crippen LogP) is 5.88. The van der Waals surface area contributed by atoms with Gasteiger partial charge in [-0.2, -0.15) is 0 Å². The molecule has 0 aliphatic rings. The van der Waals surface area contributed by atoms with Crippen LogP contribution in [-0.2, 0) is 4.79 Å². The summed E-state index contributed by atoms with van der Waals surface area (Å²) < 4.78 is 6.52. The third-order valence-electron chi connectivity index (χ3n) is 4.07. The Hall–Kier alpha value is -2.67. The lowest BCUT2D eigenvalue weighted by Gasteiger charge is -2.16. The maximum absolute atomic E-state index is 13.0. The van der Waals surface area contributed by atoms with Crippen molar-refractivity contribution < 1.29 is 9.21 Å². The molecule has 0 saturated heterocycles. The van der Waals surface area contributed by atoms with Crippen molar-refractivity contribution in [2.24, 2.45) is 0 Å². The van der Waals surface area contributed by atoms with E-state index in [1.807, 2.05) is 60.7 Å². The molecule has 0 aliphatic carbocycles. The number of nitrogens with zero attached hydrogens (tertiary/aromatic N) is 2. The molecule has 28 heavy (non-hydrogen) atoms. The number of thiophene rings is 1. The Kier molecular flexibility index (Phi) is 5.43. The van der Waals surface area contributed by atoms with Gasteiger partial charge in [0.1, 0.15) is 4.34 Å². The van der Waals surface area contributed by atoms with E-state index in [-0.39, 0.29) is 17.8 Å². The molecule has 2 heterocycles. The number of hydrogen-bond donors (Lipinski definition) is 1. The SMILES string of the molecule is O=C(Nc1nnc(-c2cc(Cl)sc2Cl)o1)C(c1ccccc1)c1ccccc1. The fourth-order valence-electron chi connectivity index (χ4n) is 2.83. The first-order valence-corrected chi connectivity index (χ1v) is 9.88. The van der Waals surface area contributed by atoms with Crippen LogP contribution >= 0.6 is 34.5 Å². The van der Waals surface area contributed by atoms with E-state index in [0.29, 0.717) is 14.2 Å². The minimum Gasteiger partial charge on any atom is -0.403 e. The maximum atomic E-state index is 13.0. The second-order valence-electron chi connectivity index (χ2n) is 5.89. The van der Waals surface area contributed by atoms with Gasteiger partial charge >= 0.3 is 6.01 Å². The summed E-state index contributed by atoms with van der Waals surface area (Å²) in [5.41, 5.74) is 2.25. The Balaban J connectivity index is 1.61. The van der Waals surface area contributed by atoms with Crippen LogP contribution in [0.5, 0.6) is 0 Å². The molecule has 0 spiro atoms. The molecule has 1 N–H and O–H groups in total. The van der Waals surface area contributed by atoms with Gasteiger partial charge in [0.25, 0.3) is 5.89 Å². The normalized spacial score (nSPS) is 11.0. The first kappa shape index (κ1) is 18.7. The van der Waals surface area contributed by atoms with Crippen LogP contribution in [0.15, 0.2) is 71.1 Å². The zero-order valence-corrected chi connectivity index (χ0v) is 16.6. The monoisotopic (exact) mass is 429 g/mol. The Morgan fingerprint density at radius 2 is 1.57 bits per heavy atom. The van der Waals surface area contributed by atoms with E-state index in [2.05, 4.69) is 15.5 Å². The first-order chi connectivity index (χ1) is 13.6. The van der Waals surface area contributed by atoms with E-state index in [4.69, 9.17) is 27.6 Å². The number of nitrogens with one attached hydrogen (secondary N) is 1. The first-order valence-electron chi connectivity index (χ1n) is 8.31. The molecule has 0 saturated carbocycles. The van der Waals surface area contributed by atoms with Crippen LogP contribution in [0.3, 0.4) is 0 Å². The van der Waals surface area contributed by atoms with Gasteiger partial charge in [-0.25, -0.2) is 0 Å². The standard InChI is InChI=1S/C20H13Cl2N3O2S/c21-15-11-14(17(22)28-15)19-24-25-20(27-19)23-18(26)16(12-7-3-1-4-8-12)13-9-5-2-6-10-13/h1-11,16H,(H,23,25,26). The minimum absolute atomic E-state index is 0.00440. The number of anilines is 1. The second-order valence-corrected chi connectivity index (χ2v) is 8.18. The lowest BCUT2D eigenvalue weighted by molar-refractivity contribution is -0.116. The Morgan fingerprint density at radius 3 is 2.11 bits per heavy atom. The van der Waals surface area contributed by atoms with Crippen LogP contribution in [0.25, 0.3) is 11.5 Å². The van der Waals surface area contributed by atoms with Crippen LogP contribution in [0.4, 0.5) is 6.01 Å². The van der Waals surface area contributed by atoms with E-state index in [1.165, 1.54) is 11.3 Å². The molecule has 4 rings (SSSR count). The summed E-state index contributed by atoms with van der Waals surface area (Å²) in [5, 5.41) is 10.6. The number of benzene rings is 2. The Bertz CT molecular complexity index is 1060. The van der Waals surface area contributed by atoms with Crippen LogP contribution in [0.2, 0.25) is 8.67 Å². The van der Waals surface area contributed by atoms with E-state index in [0.717, 1.165) is 11.1 Å². The van der Waals surface area contributed by atoms with Crippen molar-refractivity contribution in [3.05, 3.63) is 86.5 Å². The topological polar surface area (TPSA) is 68.0 Å². The average Bonchev–Trinajstić information content (AvgIpc) is 3.29. The number of hydrogen-bond acceptors (Lipinski definition) is 5. The molecule has 0 radical (unpaired) electrons. The van der Waals surface area contributed by atoms with Crippen molar-refractivity contribution in [1.82, 2.24) is 10.2 Å².